The Morgan fingerprint density at radius 3 is 2.43 bits per heavy atom. The molecule has 78 valence electrons. The molecule has 14 heavy (non-hydrogen) atoms. The Morgan fingerprint density at radius 2 is 2.00 bits per heavy atom. The number of benzene rings is 1. The summed E-state index contributed by atoms with van der Waals surface area (Å²) in [6, 6.07) is 1.85. The van der Waals surface area contributed by atoms with Gasteiger partial charge >= 0.3 is 0 Å². The van der Waals surface area contributed by atoms with Crippen molar-refractivity contribution < 1.29 is 9.47 Å². The zero-order valence-electron chi connectivity index (χ0n) is 8.56. The minimum Gasteiger partial charge on any atom is -0.496 e. The summed E-state index contributed by atoms with van der Waals surface area (Å²) in [6.45, 7) is 2.25. The molecule has 2 N–H and O–H groups in total. The van der Waals surface area contributed by atoms with Gasteiger partial charge in [0.05, 0.1) is 19.2 Å². The lowest BCUT2D eigenvalue weighted by Crippen LogP contribution is -2.02. The third-order valence-electron chi connectivity index (χ3n) is 2.14. The van der Waals surface area contributed by atoms with Crippen molar-refractivity contribution >= 4 is 11.6 Å². The fourth-order valence-electron chi connectivity index (χ4n) is 1.34. The predicted molar refractivity (Wildman–Crippen MR) is 57.2 cm³/mol. The number of halogens is 1. The van der Waals surface area contributed by atoms with Crippen molar-refractivity contribution in [2.45, 2.75) is 13.5 Å². The Kier molecular flexibility index (Phi) is 3.61. The van der Waals surface area contributed by atoms with Gasteiger partial charge in [0.1, 0.15) is 11.5 Å². The van der Waals surface area contributed by atoms with Crippen LogP contribution in [0.4, 0.5) is 0 Å². The fraction of sp³-hybridized carbons (Fsp3) is 0.400. The normalized spacial score (nSPS) is 10.1. The lowest BCUT2D eigenvalue weighted by atomic mass is 10.1. The Morgan fingerprint density at radius 1 is 1.36 bits per heavy atom. The summed E-state index contributed by atoms with van der Waals surface area (Å²) >= 11 is 6.10. The zero-order valence-corrected chi connectivity index (χ0v) is 9.31. The maximum absolute atomic E-state index is 6.10. The Bertz CT molecular complexity index is 339. The first kappa shape index (κ1) is 11.1. The van der Waals surface area contributed by atoms with E-state index in [1.54, 1.807) is 14.2 Å². The van der Waals surface area contributed by atoms with Crippen molar-refractivity contribution in [3.05, 3.63) is 22.2 Å². The monoisotopic (exact) mass is 215 g/mol. The van der Waals surface area contributed by atoms with Crippen LogP contribution in [0.25, 0.3) is 0 Å². The van der Waals surface area contributed by atoms with E-state index in [0.717, 1.165) is 16.9 Å². The van der Waals surface area contributed by atoms with Crippen LogP contribution >= 0.6 is 11.6 Å². The number of hydrogen-bond donors (Lipinski definition) is 1. The summed E-state index contributed by atoms with van der Waals surface area (Å²) in [5.41, 5.74) is 7.29. The first-order valence-corrected chi connectivity index (χ1v) is 4.63. The van der Waals surface area contributed by atoms with Crippen molar-refractivity contribution in [1.29, 1.82) is 0 Å². The maximum atomic E-state index is 6.10. The standard InChI is InChI=1S/C10H14ClNO2/c1-6-8(13-2)4-7(5-12)10(14-3)9(6)11/h4H,5,12H2,1-3H3. The van der Waals surface area contributed by atoms with Crippen molar-refractivity contribution in [2.75, 3.05) is 14.2 Å². The summed E-state index contributed by atoms with van der Waals surface area (Å²) in [6.07, 6.45) is 0. The van der Waals surface area contributed by atoms with E-state index in [-0.39, 0.29) is 0 Å². The molecule has 1 rings (SSSR count). The molecule has 0 aliphatic heterocycles. The molecule has 0 aliphatic carbocycles. The second kappa shape index (κ2) is 4.53. The third kappa shape index (κ3) is 1.79. The molecule has 1 aromatic carbocycles. The van der Waals surface area contributed by atoms with Crippen LogP contribution in [0.2, 0.25) is 5.02 Å². The van der Waals surface area contributed by atoms with Gasteiger partial charge in [-0.2, -0.15) is 0 Å². The van der Waals surface area contributed by atoms with Crippen molar-refractivity contribution in [3.8, 4) is 11.5 Å². The van der Waals surface area contributed by atoms with Crippen molar-refractivity contribution in [3.63, 3.8) is 0 Å². The van der Waals surface area contributed by atoms with Crippen molar-refractivity contribution in [1.82, 2.24) is 0 Å². The van der Waals surface area contributed by atoms with Gasteiger partial charge in [0.15, 0.2) is 0 Å². The average molecular weight is 216 g/mol. The highest BCUT2D eigenvalue weighted by atomic mass is 35.5. The zero-order chi connectivity index (χ0) is 10.7. The average Bonchev–Trinajstić information content (AvgIpc) is 2.21. The van der Waals surface area contributed by atoms with E-state index in [1.165, 1.54) is 0 Å². The third-order valence-corrected chi connectivity index (χ3v) is 2.59. The minimum atomic E-state index is 0.375. The van der Waals surface area contributed by atoms with Gasteiger partial charge in [0.2, 0.25) is 0 Å². The van der Waals surface area contributed by atoms with Gasteiger partial charge in [-0.05, 0) is 13.0 Å². The summed E-state index contributed by atoms with van der Waals surface area (Å²) < 4.78 is 10.4. The van der Waals surface area contributed by atoms with E-state index in [9.17, 15) is 0 Å². The Balaban J connectivity index is 3.38. The second-order valence-electron chi connectivity index (χ2n) is 2.91. The predicted octanol–water partition coefficient (Wildman–Crippen LogP) is 2.12. The molecule has 0 amide bonds. The molecule has 0 unspecified atom stereocenters. The molecular weight excluding hydrogens is 202 g/mol. The van der Waals surface area contributed by atoms with Crippen molar-refractivity contribution in [2.24, 2.45) is 5.73 Å². The van der Waals surface area contributed by atoms with E-state index in [4.69, 9.17) is 26.8 Å². The quantitative estimate of drug-likeness (QED) is 0.840. The van der Waals surface area contributed by atoms with Gasteiger partial charge in [-0.15, -0.1) is 0 Å². The fourth-order valence-corrected chi connectivity index (χ4v) is 1.63. The molecule has 0 spiro atoms. The smallest absolute Gasteiger partial charge is 0.142 e. The molecule has 0 bridgehead atoms. The molecule has 0 heterocycles. The highest BCUT2D eigenvalue weighted by molar-refractivity contribution is 6.33. The number of rotatable bonds is 3. The lowest BCUT2D eigenvalue weighted by Gasteiger charge is -2.14. The number of methoxy groups -OCH3 is 2. The van der Waals surface area contributed by atoms with E-state index < -0.39 is 0 Å². The van der Waals surface area contributed by atoms with Crippen LogP contribution in [0, 0.1) is 6.92 Å². The molecule has 0 radical (unpaired) electrons. The van der Waals surface area contributed by atoms with E-state index in [2.05, 4.69) is 0 Å². The largest absolute Gasteiger partial charge is 0.496 e. The van der Waals surface area contributed by atoms with Gasteiger partial charge in [0.25, 0.3) is 0 Å². The lowest BCUT2D eigenvalue weighted by molar-refractivity contribution is 0.396. The molecule has 0 aromatic heterocycles. The van der Waals surface area contributed by atoms with Gasteiger partial charge < -0.3 is 15.2 Å². The molecule has 4 heteroatoms. The Labute approximate surface area is 88.8 Å². The van der Waals surface area contributed by atoms with Gasteiger partial charge in [-0.3, -0.25) is 0 Å². The highest BCUT2D eigenvalue weighted by Gasteiger charge is 2.13. The first-order valence-electron chi connectivity index (χ1n) is 4.25. The van der Waals surface area contributed by atoms with Crippen LogP contribution in [0.5, 0.6) is 11.5 Å². The number of nitrogens with two attached hydrogens (primary N) is 1. The summed E-state index contributed by atoms with van der Waals surface area (Å²) in [7, 11) is 3.18. The van der Waals surface area contributed by atoms with E-state index >= 15 is 0 Å². The van der Waals surface area contributed by atoms with Crippen LogP contribution in [0.1, 0.15) is 11.1 Å². The molecule has 0 fully saturated rings. The minimum absolute atomic E-state index is 0.375. The SMILES string of the molecule is COc1cc(CN)c(OC)c(Cl)c1C. The number of ether oxygens (including phenoxy) is 2. The highest BCUT2D eigenvalue weighted by Crippen LogP contribution is 2.37. The van der Waals surface area contributed by atoms with Gasteiger partial charge in [-0.25, -0.2) is 0 Å². The van der Waals surface area contributed by atoms with E-state index in [1.807, 2.05) is 13.0 Å². The molecular formula is C10H14ClNO2. The molecule has 0 aliphatic rings. The molecule has 1 aromatic rings. The van der Waals surface area contributed by atoms with E-state index in [0.29, 0.717) is 17.3 Å². The molecule has 0 saturated carbocycles. The van der Waals surface area contributed by atoms with Crippen LogP contribution in [0.3, 0.4) is 0 Å². The van der Waals surface area contributed by atoms with Crippen LogP contribution < -0.4 is 15.2 Å². The number of hydrogen-bond acceptors (Lipinski definition) is 3. The summed E-state index contributed by atoms with van der Waals surface area (Å²) in [4.78, 5) is 0. The van der Waals surface area contributed by atoms with Gasteiger partial charge in [0, 0.05) is 17.7 Å². The summed E-state index contributed by atoms with van der Waals surface area (Å²) in [5.74, 6) is 1.36. The van der Waals surface area contributed by atoms with Crippen LogP contribution in [0.15, 0.2) is 6.07 Å². The van der Waals surface area contributed by atoms with Crippen LogP contribution in [-0.4, -0.2) is 14.2 Å². The van der Waals surface area contributed by atoms with Crippen LogP contribution in [-0.2, 0) is 6.54 Å². The Hall–Kier alpha value is -0.930. The van der Waals surface area contributed by atoms with Gasteiger partial charge in [-0.1, -0.05) is 11.6 Å². The molecule has 3 nitrogen and oxygen atoms in total. The maximum Gasteiger partial charge on any atom is 0.142 e. The molecule has 0 saturated heterocycles. The second-order valence-corrected chi connectivity index (χ2v) is 3.29. The topological polar surface area (TPSA) is 44.5 Å². The summed E-state index contributed by atoms with van der Waals surface area (Å²) in [5, 5.41) is 0.562. The molecule has 0 atom stereocenters. The first-order chi connectivity index (χ1) is 6.65.